The summed E-state index contributed by atoms with van der Waals surface area (Å²) in [5.41, 5.74) is 0.804. The Hall–Kier alpha value is -1.47. The second kappa shape index (κ2) is 6.32. The second-order valence-corrected chi connectivity index (χ2v) is 6.46. The molecular weight excluding hydrogens is 268 g/mol. The molecule has 0 aliphatic carbocycles. The van der Waals surface area contributed by atoms with Gasteiger partial charge in [-0.3, -0.25) is 4.79 Å². The number of hydrogen-bond donors (Lipinski definition) is 0. The lowest BCUT2D eigenvalue weighted by molar-refractivity contribution is -0.132. The highest BCUT2D eigenvalue weighted by molar-refractivity contribution is 7.98. The Kier molecular flexibility index (Phi) is 4.72. The summed E-state index contributed by atoms with van der Waals surface area (Å²) in [4.78, 5) is 15.4. The largest absolute Gasteiger partial charge is 0.342 e. The standard InChI is InChI=1S/C16H20N2OS/c1-16(12-17)7-9-18(10-8-16)15(19)11-13-3-5-14(20-2)6-4-13/h3-6H,7-11H2,1-2H3. The van der Waals surface area contributed by atoms with E-state index in [1.807, 2.05) is 30.2 Å². The molecular formula is C16H20N2OS. The Balaban J connectivity index is 1.91. The fraction of sp³-hybridized carbons (Fsp3) is 0.500. The average Bonchev–Trinajstić information content (AvgIpc) is 2.48. The molecule has 1 heterocycles. The van der Waals surface area contributed by atoms with E-state index in [1.54, 1.807) is 11.8 Å². The Morgan fingerprint density at radius 1 is 1.35 bits per heavy atom. The number of carbonyl (C=O) groups excluding carboxylic acids is 1. The molecule has 4 heteroatoms. The van der Waals surface area contributed by atoms with Gasteiger partial charge in [-0.1, -0.05) is 12.1 Å². The molecule has 1 fully saturated rings. The minimum atomic E-state index is -0.253. The van der Waals surface area contributed by atoms with Crippen molar-refractivity contribution in [3.8, 4) is 6.07 Å². The number of nitrogens with zero attached hydrogens (tertiary/aromatic N) is 2. The van der Waals surface area contributed by atoms with E-state index < -0.39 is 0 Å². The van der Waals surface area contributed by atoms with Gasteiger partial charge in [-0.25, -0.2) is 0 Å². The van der Waals surface area contributed by atoms with Gasteiger partial charge in [0.05, 0.1) is 17.9 Å². The lowest BCUT2D eigenvalue weighted by atomic mass is 9.82. The topological polar surface area (TPSA) is 44.1 Å². The zero-order valence-electron chi connectivity index (χ0n) is 12.1. The molecule has 0 N–H and O–H groups in total. The van der Waals surface area contributed by atoms with Crippen molar-refractivity contribution in [3.63, 3.8) is 0 Å². The van der Waals surface area contributed by atoms with Gasteiger partial charge in [0, 0.05) is 18.0 Å². The SMILES string of the molecule is CSc1ccc(CC(=O)N2CCC(C)(C#N)CC2)cc1. The van der Waals surface area contributed by atoms with Crippen LogP contribution in [0.2, 0.25) is 0 Å². The molecule has 3 nitrogen and oxygen atoms in total. The van der Waals surface area contributed by atoms with Gasteiger partial charge in [-0.2, -0.15) is 5.26 Å². The monoisotopic (exact) mass is 288 g/mol. The molecule has 0 unspecified atom stereocenters. The maximum atomic E-state index is 12.3. The van der Waals surface area contributed by atoms with Crippen molar-refractivity contribution in [3.05, 3.63) is 29.8 Å². The zero-order valence-corrected chi connectivity index (χ0v) is 12.9. The molecule has 0 bridgehead atoms. The fourth-order valence-electron chi connectivity index (χ4n) is 2.39. The number of benzene rings is 1. The quantitative estimate of drug-likeness (QED) is 0.803. The third-order valence-electron chi connectivity index (χ3n) is 4.00. The lowest BCUT2D eigenvalue weighted by Crippen LogP contribution is -2.42. The van der Waals surface area contributed by atoms with E-state index in [4.69, 9.17) is 5.26 Å². The highest BCUT2D eigenvalue weighted by Gasteiger charge is 2.31. The van der Waals surface area contributed by atoms with Crippen molar-refractivity contribution in [2.45, 2.75) is 31.1 Å². The maximum absolute atomic E-state index is 12.3. The molecule has 0 spiro atoms. The molecule has 0 saturated carbocycles. The minimum Gasteiger partial charge on any atom is -0.342 e. The van der Waals surface area contributed by atoms with Gasteiger partial charge in [0.25, 0.3) is 0 Å². The number of piperidine rings is 1. The van der Waals surface area contributed by atoms with Crippen molar-refractivity contribution >= 4 is 17.7 Å². The number of carbonyl (C=O) groups is 1. The van der Waals surface area contributed by atoms with Crippen molar-refractivity contribution in [1.29, 1.82) is 5.26 Å². The number of hydrogen-bond acceptors (Lipinski definition) is 3. The Morgan fingerprint density at radius 2 is 1.95 bits per heavy atom. The number of thioether (sulfide) groups is 1. The number of nitriles is 1. The van der Waals surface area contributed by atoms with Crippen LogP contribution in [0.3, 0.4) is 0 Å². The normalized spacial score (nSPS) is 17.6. The van der Waals surface area contributed by atoms with E-state index in [1.165, 1.54) is 4.90 Å². The summed E-state index contributed by atoms with van der Waals surface area (Å²) in [6.45, 7) is 3.38. The molecule has 1 aromatic rings. The maximum Gasteiger partial charge on any atom is 0.226 e. The number of likely N-dealkylation sites (tertiary alicyclic amines) is 1. The fourth-order valence-corrected chi connectivity index (χ4v) is 2.80. The second-order valence-electron chi connectivity index (χ2n) is 5.58. The highest BCUT2D eigenvalue weighted by Crippen LogP contribution is 2.30. The predicted octanol–water partition coefficient (Wildman–Crippen LogP) is 3.10. The first-order valence-electron chi connectivity index (χ1n) is 6.88. The van der Waals surface area contributed by atoms with Crippen LogP contribution in [0.25, 0.3) is 0 Å². The van der Waals surface area contributed by atoms with Crippen LogP contribution < -0.4 is 0 Å². The average molecular weight is 288 g/mol. The Labute approximate surface area is 125 Å². The van der Waals surface area contributed by atoms with E-state index in [0.717, 1.165) is 18.4 Å². The summed E-state index contributed by atoms with van der Waals surface area (Å²) in [7, 11) is 0. The van der Waals surface area contributed by atoms with Crippen molar-refractivity contribution in [2.24, 2.45) is 5.41 Å². The number of amides is 1. The Bertz CT molecular complexity index is 510. The van der Waals surface area contributed by atoms with Gasteiger partial charge >= 0.3 is 0 Å². The lowest BCUT2D eigenvalue weighted by Gasteiger charge is -2.35. The summed E-state index contributed by atoms with van der Waals surface area (Å²) in [5.74, 6) is 0.168. The Morgan fingerprint density at radius 3 is 2.45 bits per heavy atom. The van der Waals surface area contributed by atoms with Crippen LogP contribution in [0.15, 0.2) is 29.2 Å². The van der Waals surface area contributed by atoms with Crippen molar-refractivity contribution in [1.82, 2.24) is 4.90 Å². The van der Waals surface area contributed by atoms with E-state index in [9.17, 15) is 4.79 Å². The van der Waals surface area contributed by atoms with Crippen LogP contribution in [0.5, 0.6) is 0 Å². The molecule has 2 rings (SSSR count). The highest BCUT2D eigenvalue weighted by atomic mass is 32.2. The first-order chi connectivity index (χ1) is 9.56. The third kappa shape index (κ3) is 3.55. The molecule has 1 aliphatic rings. The van der Waals surface area contributed by atoms with Crippen LogP contribution in [-0.2, 0) is 11.2 Å². The predicted molar refractivity (Wildman–Crippen MR) is 81.5 cm³/mol. The summed E-state index contributed by atoms with van der Waals surface area (Å²) in [6.07, 6.45) is 4.05. The van der Waals surface area contributed by atoms with Gasteiger partial charge in [-0.05, 0) is 43.7 Å². The van der Waals surface area contributed by atoms with E-state index in [0.29, 0.717) is 19.5 Å². The summed E-state index contributed by atoms with van der Waals surface area (Å²) >= 11 is 1.70. The molecule has 1 saturated heterocycles. The molecule has 1 amide bonds. The van der Waals surface area contributed by atoms with Gasteiger partial charge in [-0.15, -0.1) is 11.8 Å². The van der Waals surface area contributed by atoms with Gasteiger partial charge < -0.3 is 4.90 Å². The van der Waals surface area contributed by atoms with Crippen LogP contribution >= 0.6 is 11.8 Å². The summed E-state index contributed by atoms with van der Waals surface area (Å²) in [6, 6.07) is 10.5. The zero-order chi connectivity index (χ0) is 14.6. The van der Waals surface area contributed by atoms with Crippen molar-refractivity contribution in [2.75, 3.05) is 19.3 Å². The summed E-state index contributed by atoms with van der Waals surface area (Å²) in [5, 5.41) is 9.10. The van der Waals surface area contributed by atoms with E-state index in [-0.39, 0.29) is 11.3 Å². The molecule has 0 radical (unpaired) electrons. The molecule has 106 valence electrons. The van der Waals surface area contributed by atoms with Gasteiger partial charge in [0.15, 0.2) is 0 Å². The first kappa shape index (κ1) is 14.9. The van der Waals surface area contributed by atoms with Crippen LogP contribution in [0.1, 0.15) is 25.3 Å². The van der Waals surface area contributed by atoms with Gasteiger partial charge in [0.2, 0.25) is 5.91 Å². The minimum absolute atomic E-state index is 0.168. The van der Waals surface area contributed by atoms with Crippen LogP contribution in [0.4, 0.5) is 0 Å². The van der Waals surface area contributed by atoms with E-state index in [2.05, 4.69) is 18.2 Å². The molecule has 0 aromatic heterocycles. The van der Waals surface area contributed by atoms with Crippen LogP contribution in [-0.4, -0.2) is 30.2 Å². The molecule has 0 atom stereocenters. The number of rotatable bonds is 3. The summed E-state index contributed by atoms with van der Waals surface area (Å²) < 4.78 is 0. The molecule has 1 aromatic carbocycles. The van der Waals surface area contributed by atoms with E-state index >= 15 is 0 Å². The van der Waals surface area contributed by atoms with Gasteiger partial charge in [0.1, 0.15) is 0 Å². The van der Waals surface area contributed by atoms with Crippen LogP contribution in [0, 0.1) is 16.7 Å². The van der Waals surface area contributed by atoms with Crippen molar-refractivity contribution < 1.29 is 4.79 Å². The molecule has 20 heavy (non-hydrogen) atoms. The third-order valence-corrected chi connectivity index (χ3v) is 4.75. The first-order valence-corrected chi connectivity index (χ1v) is 8.11. The smallest absolute Gasteiger partial charge is 0.226 e. The molecule has 1 aliphatic heterocycles.